The van der Waals surface area contributed by atoms with Crippen LogP contribution < -0.4 is 10.1 Å². The number of fused-ring (bicyclic) bond motifs is 2. The van der Waals surface area contributed by atoms with Gasteiger partial charge in [-0.3, -0.25) is 15.1 Å². The molecule has 3 N–H and O–H groups in total. The lowest BCUT2D eigenvalue weighted by molar-refractivity contribution is 0.261. The van der Waals surface area contributed by atoms with Crippen molar-refractivity contribution in [2.75, 3.05) is 59.7 Å². The third-order valence-corrected chi connectivity index (χ3v) is 7.10. The van der Waals surface area contributed by atoms with Gasteiger partial charge in [-0.2, -0.15) is 5.10 Å². The van der Waals surface area contributed by atoms with E-state index in [1.54, 1.807) is 12.4 Å². The van der Waals surface area contributed by atoms with Gasteiger partial charge in [0.05, 0.1) is 22.9 Å². The highest BCUT2D eigenvalue weighted by atomic mass is 19.1. The van der Waals surface area contributed by atoms with Gasteiger partial charge in [0.1, 0.15) is 29.4 Å². The zero-order chi connectivity index (χ0) is 29.9. The van der Waals surface area contributed by atoms with Crippen LogP contribution in [-0.4, -0.2) is 94.4 Å². The molecule has 0 saturated heterocycles. The largest absolute Gasteiger partial charge is 0.491 e. The predicted octanol–water partition coefficient (Wildman–Crippen LogP) is 5.28. The second-order valence-corrected chi connectivity index (χ2v) is 11.0. The Labute approximate surface area is 248 Å². The smallest absolute Gasteiger partial charge is 0.159 e. The summed E-state index contributed by atoms with van der Waals surface area (Å²) in [6.07, 6.45) is 5.24. The van der Waals surface area contributed by atoms with Crippen LogP contribution in [0.25, 0.3) is 55.8 Å². The lowest BCUT2D eigenvalue weighted by atomic mass is 10.0. The van der Waals surface area contributed by atoms with Crippen LogP contribution in [0.5, 0.6) is 5.75 Å². The Bertz CT molecular complexity index is 1880. The Kier molecular flexibility index (Phi) is 7.99. The topological polar surface area (TPSA) is 111 Å². The Morgan fingerprint density at radius 2 is 1.72 bits per heavy atom. The average Bonchev–Trinajstić information content (AvgIpc) is 3.60. The zero-order valence-corrected chi connectivity index (χ0v) is 24.6. The van der Waals surface area contributed by atoms with Gasteiger partial charge in [-0.25, -0.2) is 9.37 Å². The highest BCUT2D eigenvalue weighted by Gasteiger charge is 2.17. The molecule has 220 valence electrons. The molecule has 0 saturated carbocycles. The molecule has 6 aromatic rings. The molecule has 11 heteroatoms. The molecule has 0 unspecified atom stereocenters. The number of nitrogens with one attached hydrogen (secondary N) is 3. The summed E-state index contributed by atoms with van der Waals surface area (Å²) < 4.78 is 20.6. The summed E-state index contributed by atoms with van der Waals surface area (Å²) >= 11 is 0. The minimum Gasteiger partial charge on any atom is -0.491 e. The maximum atomic E-state index is 14.7. The van der Waals surface area contributed by atoms with Crippen molar-refractivity contribution in [1.82, 2.24) is 39.9 Å². The number of hydrogen-bond acceptors (Lipinski definition) is 8. The monoisotopic (exact) mass is 579 g/mol. The molecule has 0 aliphatic heterocycles. The molecular formula is C32H34FN9O. The Hall–Kier alpha value is -4.87. The fourth-order valence-electron chi connectivity index (χ4n) is 4.89. The maximum Gasteiger partial charge on any atom is 0.159 e. The SMILES string of the molecule is CN(C)CCNc1cc(F)cc(-c2nccc3[nH]c(-c4n[nH]c5ccc(-c6cncc(OCCN(C)C)c6)cc45)nc23)c1. The molecule has 4 aromatic heterocycles. The van der Waals surface area contributed by atoms with E-state index < -0.39 is 0 Å². The van der Waals surface area contributed by atoms with Crippen LogP contribution in [-0.2, 0) is 0 Å². The van der Waals surface area contributed by atoms with Crippen LogP contribution >= 0.6 is 0 Å². The van der Waals surface area contributed by atoms with Gasteiger partial charge in [0.15, 0.2) is 5.82 Å². The van der Waals surface area contributed by atoms with Crippen LogP contribution in [0.1, 0.15) is 0 Å². The Morgan fingerprint density at radius 1 is 0.860 bits per heavy atom. The van der Waals surface area contributed by atoms with E-state index in [1.807, 2.05) is 64.7 Å². The first-order valence-corrected chi connectivity index (χ1v) is 14.1. The molecule has 10 nitrogen and oxygen atoms in total. The number of H-pyrrole nitrogens is 2. The summed E-state index contributed by atoms with van der Waals surface area (Å²) in [7, 11) is 8.02. The molecular weight excluding hydrogens is 545 g/mol. The number of aromatic nitrogens is 6. The molecule has 4 heterocycles. The van der Waals surface area contributed by atoms with Crippen LogP contribution in [0, 0.1) is 5.82 Å². The lowest BCUT2D eigenvalue weighted by Crippen LogP contribution is -2.20. The average molecular weight is 580 g/mol. The fraction of sp³-hybridized carbons (Fsp3) is 0.250. The van der Waals surface area contributed by atoms with Crippen molar-refractivity contribution in [3.63, 3.8) is 0 Å². The molecule has 0 amide bonds. The number of benzene rings is 2. The van der Waals surface area contributed by atoms with E-state index in [0.29, 0.717) is 47.1 Å². The number of nitrogens with zero attached hydrogens (tertiary/aromatic N) is 6. The van der Waals surface area contributed by atoms with Gasteiger partial charge in [0, 0.05) is 54.2 Å². The van der Waals surface area contributed by atoms with Crippen LogP contribution in [0.15, 0.2) is 67.1 Å². The first-order valence-electron chi connectivity index (χ1n) is 14.1. The normalized spacial score (nSPS) is 11.7. The second-order valence-electron chi connectivity index (χ2n) is 11.0. The van der Waals surface area contributed by atoms with Crippen molar-refractivity contribution < 1.29 is 9.13 Å². The molecule has 43 heavy (non-hydrogen) atoms. The number of ether oxygens (including phenoxy) is 1. The Morgan fingerprint density at radius 3 is 2.56 bits per heavy atom. The van der Waals surface area contributed by atoms with Gasteiger partial charge in [-0.1, -0.05) is 6.07 Å². The first kappa shape index (κ1) is 28.3. The summed E-state index contributed by atoms with van der Waals surface area (Å²) in [5, 5.41) is 11.9. The van der Waals surface area contributed by atoms with Gasteiger partial charge in [-0.05, 0) is 76.2 Å². The van der Waals surface area contributed by atoms with Gasteiger partial charge in [0.25, 0.3) is 0 Å². The first-order chi connectivity index (χ1) is 20.8. The number of anilines is 1. The standard InChI is InChI=1S/C32H34FN9O/c1-41(2)10-9-35-24-14-21(13-23(33)17-24)29-31-28(7-8-36-29)37-32(38-31)30-26-16-20(5-6-27(26)39-40-30)22-15-25(19-34-18-22)43-12-11-42(3)4/h5-8,13-19,35H,9-12H2,1-4H3,(H,37,38)(H,39,40). The van der Waals surface area contributed by atoms with Gasteiger partial charge in [-0.15, -0.1) is 0 Å². The summed E-state index contributed by atoms with van der Waals surface area (Å²) in [6.45, 7) is 2.92. The molecule has 2 aromatic carbocycles. The predicted molar refractivity (Wildman–Crippen MR) is 169 cm³/mol. The fourth-order valence-corrected chi connectivity index (χ4v) is 4.89. The van der Waals surface area contributed by atoms with E-state index in [9.17, 15) is 4.39 Å². The molecule has 0 atom stereocenters. The highest BCUT2D eigenvalue weighted by Crippen LogP contribution is 2.33. The third kappa shape index (κ3) is 6.32. The van der Waals surface area contributed by atoms with E-state index in [-0.39, 0.29) is 5.82 Å². The molecule has 0 bridgehead atoms. The summed E-state index contributed by atoms with van der Waals surface area (Å²) in [6, 6.07) is 14.8. The number of imidazole rings is 1. The van der Waals surface area contributed by atoms with E-state index in [1.165, 1.54) is 12.1 Å². The minimum atomic E-state index is -0.341. The zero-order valence-electron chi connectivity index (χ0n) is 24.6. The summed E-state index contributed by atoms with van der Waals surface area (Å²) in [5.74, 6) is 0.969. The summed E-state index contributed by atoms with van der Waals surface area (Å²) in [5.41, 5.74) is 6.82. The van der Waals surface area contributed by atoms with Crippen molar-refractivity contribution in [1.29, 1.82) is 0 Å². The minimum absolute atomic E-state index is 0.341. The number of halogens is 1. The highest BCUT2D eigenvalue weighted by molar-refractivity contribution is 5.97. The van der Waals surface area contributed by atoms with Crippen molar-refractivity contribution in [3.8, 4) is 39.7 Å². The van der Waals surface area contributed by atoms with Crippen molar-refractivity contribution in [2.45, 2.75) is 0 Å². The van der Waals surface area contributed by atoms with E-state index in [2.05, 4.69) is 46.3 Å². The molecule has 0 aliphatic carbocycles. The lowest BCUT2D eigenvalue weighted by Gasteiger charge is -2.12. The molecule has 0 fully saturated rings. The van der Waals surface area contributed by atoms with Crippen molar-refractivity contribution >= 4 is 27.6 Å². The van der Waals surface area contributed by atoms with Gasteiger partial charge < -0.3 is 24.8 Å². The van der Waals surface area contributed by atoms with Gasteiger partial charge in [0.2, 0.25) is 0 Å². The van der Waals surface area contributed by atoms with Crippen LogP contribution in [0.3, 0.4) is 0 Å². The van der Waals surface area contributed by atoms with Crippen LogP contribution in [0.4, 0.5) is 10.1 Å². The second kappa shape index (κ2) is 12.2. The number of rotatable bonds is 11. The van der Waals surface area contributed by atoms with Crippen molar-refractivity contribution in [3.05, 3.63) is 72.9 Å². The number of likely N-dealkylation sites (N-methyl/N-ethyl adjacent to an activating group) is 2. The van der Waals surface area contributed by atoms with Crippen molar-refractivity contribution in [2.24, 2.45) is 0 Å². The van der Waals surface area contributed by atoms with Gasteiger partial charge >= 0.3 is 0 Å². The third-order valence-electron chi connectivity index (χ3n) is 7.10. The maximum absolute atomic E-state index is 14.7. The summed E-state index contributed by atoms with van der Waals surface area (Å²) in [4.78, 5) is 21.4. The quantitative estimate of drug-likeness (QED) is 0.190. The van der Waals surface area contributed by atoms with Crippen LogP contribution in [0.2, 0.25) is 0 Å². The molecule has 0 aliphatic rings. The molecule has 6 rings (SSSR count). The molecule has 0 radical (unpaired) electrons. The Balaban J connectivity index is 1.33. The van der Waals surface area contributed by atoms with E-state index in [4.69, 9.17) is 9.72 Å². The number of hydrogen-bond donors (Lipinski definition) is 3. The van der Waals surface area contributed by atoms with E-state index in [0.717, 1.165) is 46.4 Å². The number of aromatic amines is 2. The molecule has 0 spiro atoms. The number of pyridine rings is 2. The van der Waals surface area contributed by atoms with E-state index >= 15 is 0 Å².